The van der Waals surface area contributed by atoms with Crippen molar-refractivity contribution in [2.75, 3.05) is 0 Å². The van der Waals surface area contributed by atoms with Gasteiger partial charge in [-0.1, -0.05) is 19.1 Å². The van der Waals surface area contributed by atoms with E-state index < -0.39 is 0 Å². The summed E-state index contributed by atoms with van der Waals surface area (Å²) in [6, 6.07) is 0. The molecule has 0 amide bonds. The Morgan fingerprint density at radius 1 is 1.21 bits per heavy atom. The van der Waals surface area contributed by atoms with Gasteiger partial charge < -0.3 is 0 Å². The van der Waals surface area contributed by atoms with Crippen LogP contribution in [0.1, 0.15) is 45.4 Å². The molecule has 0 nitrogen and oxygen atoms in total. The summed E-state index contributed by atoms with van der Waals surface area (Å²) in [6.07, 6.45) is 13.6. The Morgan fingerprint density at radius 2 is 2.14 bits per heavy atom. The van der Waals surface area contributed by atoms with E-state index in [0.717, 1.165) is 17.8 Å². The molecular formula is C14H20. The predicted molar refractivity (Wildman–Crippen MR) is 60.0 cm³/mol. The third-order valence-corrected chi connectivity index (χ3v) is 4.32. The van der Waals surface area contributed by atoms with E-state index in [1.54, 1.807) is 11.1 Å². The second-order valence-electron chi connectivity index (χ2n) is 5.51. The van der Waals surface area contributed by atoms with E-state index in [1.165, 1.54) is 38.5 Å². The first kappa shape index (κ1) is 8.76. The molecule has 0 aliphatic heterocycles. The average molecular weight is 188 g/mol. The van der Waals surface area contributed by atoms with Crippen molar-refractivity contribution >= 4 is 0 Å². The second-order valence-corrected chi connectivity index (χ2v) is 5.51. The molecule has 3 atom stereocenters. The molecule has 0 spiro atoms. The molecule has 0 radical (unpaired) electrons. The third kappa shape index (κ3) is 1.36. The normalized spacial score (nSPS) is 41.1. The first-order valence-electron chi connectivity index (χ1n) is 6.24. The zero-order valence-corrected chi connectivity index (χ0v) is 9.13. The fourth-order valence-electron chi connectivity index (χ4n) is 3.55. The molecular weight excluding hydrogens is 168 g/mol. The standard InChI is InChI=1S/C14H20/c1-10-3-2-4-12(7-10)14-9-11-5-6-13(14)8-11/h4,9-11,13H,2-3,5-8H2,1H3. The maximum absolute atomic E-state index is 2.60. The minimum atomic E-state index is 0.926. The third-order valence-electron chi connectivity index (χ3n) is 4.32. The van der Waals surface area contributed by atoms with E-state index >= 15 is 0 Å². The molecule has 1 fully saturated rings. The molecule has 0 aromatic carbocycles. The van der Waals surface area contributed by atoms with E-state index in [0.29, 0.717) is 0 Å². The van der Waals surface area contributed by atoms with Crippen molar-refractivity contribution in [2.45, 2.75) is 45.4 Å². The molecule has 3 aliphatic rings. The predicted octanol–water partition coefficient (Wildman–Crippen LogP) is 4.09. The molecule has 14 heavy (non-hydrogen) atoms. The van der Waals surface area contributed by atoms with Crippen LogP contribution in [0.15, 0.2) is 23.3 Å². The summed E-state index contributed by atoms with van der Waals surface area (Å²) in [7, 11) is 0. The summed E-state index contributed by atoms with van der Waals surface area (Å²) < 4.78 is 0. The largest absolute Gasteiger partial charge is 0.0810 e. The van der Waals surface area contributed by atoms with Gasteiger partial charge in [0.05, 0.1) is 0 Å². The molecule has 0 aromatic heterocycles. The Kier molecular flexibility index (Phi) is 2.04. The molecule has 0 aromatic rings. The van der Waals surface area contributed by atoms with Gasteiger partial charge in [-0.25, -0.2) is 0 Å². The smallest absolute Gasteiger partial charge is 0.0157 e. The Morgan fingerprint density at radius 3 is 2.79 bits per heavy atom. The fourth-order valence-corrected chi connectivity index (χ4v) is 3.55. The minimum Gasteiger partial charge on any atom is -0.0810 e. The highest BCUT2D eigenvalue weighted by Crippen LogP contribution is 2.48. The van der Waals surface area contributed by atoms with Crippen molar-refractivity contribution in [3.63, 3.8) is 0 Å². The van der Waals surface area contributed by atoms with E-state index in [4.69, 9.17) is 0 Å². The minimum absolute atomic E-state index is 0.926. The Balaban J connectivity index is 1.83. The van der Waals surface area contributed by atoms with Crippen LogP contribution in [0.5, 0.6) is 0 Å². The Bertz CT molecular complexity index is 295. The summed E-state index contributed by atoms with van der Waals surface area (Å²) >= 11 is 0. The van der Waals surface area contributed by atoms with Gasteiger partial charge in [0.25, 0.3) is 0 Å². The number of allylic oxidation sites excluding steroid dienone is 4. The van der Waals surface area contributed by atoms with Gasteiger partial charge in [0.15, 0.2) is 0 Å². The van der Waals surface area contributed by atoms with Gasteiger partial charge in [-0.3, -0.25) is 0 Å². The van der Waals surface area contributed by atoms with Crippen molar-refractivity contribution in [1.29, 1.82) is 0 Å². The molecule has 2 bridgehead atoms. The lowest BCUT2D eigenvalue weighted by molar-refractivity contribution is 0.503. The Hall–Kier alpha value is -0.520. The van der Waals surface area contributed by atoms with E-state index in [-0.39, 0.29) is 0 Å². The van der Waals surface area contributed by atoms with Crippen molar-refractivity contribution in [2.24, 2.45) is 17.8 Å². The van der Waals surface area contributed by atoms with Crippen LogP contribution in [0.3, 0.4) is 0 Å². The van der Waals surface area contributed by atoms with Crippen LogP contribution >= 0.6 is 0 Å². The first-order chi connectivity index (χ1) is 6.83. The van der Waals surface area contributed by atoms with Crippen LogP contribution in [0.25, 0.3) is 0 Å². The van der Waals surface area contributed by atoms with Crippen LogP contribution in [-0.2, 0) is 0 Å². The van der Waals surface area contributed by atoms with Crippen LogP contribution in [-0.4, -0.2) is 0 Å². The molecule has 3 unspecified atom stereocenters. The van der Waals surface area contributed by atoms with Crippen molar-refractivity contribution in [3.8, 4) is 0 Å². The number of rotatable bonds is 1. The highest BCUT2D eigenvalue weighted by atomic mass is 14.4. The van der Waals surface area contributed by atoms with Crippen molar-refractivity contribution < 1.29 is 0 Å². The molecule has 0 N–H and O–H groups in total. The van der Waals surface area contributed by atoms with Crippen LogP contribution in [0, 0.1) is 17.8 Å². The lowest BCUT2D eigenvalue weighted by Gasteiger charge is -2.23. The van der Waals surface area contributed by atoms with E-state index in [1.807, 2.05) is 0 Å². The van der Waals surface area contributed by atoms with Gasteiger partial charge in [0.1, 0.15) is 0 Å². The van der Waals surface area contributed by atoms with E-state index in [2.05, 4.69) is 19.1 Å². The van der Waals surface area contributed by atoms with Crippen LogP contribution in [0.4, 0.5) is 0 Å². The summed E-state index contributed by atoms with van der Waals surface area (Å²) in [4.78, 5) is 0. The SMILES string of the molecule is CC1CCC=C(C2=CC3CCC2C3)C1. The molecule has 1 saturated carbocycles. The quantitative estimate of drug-likeness (QED) is 0.581. The molecule has 76 valence electrons. The van der Waals surface area contributed by atoms with Crippen LogP contribution < -0.4 is 0 Å². The number of hydrogen-bond acceptors (Lipinski definition) is 0. The topological polar surface area (TPSA) is 0 Å². The number of hydrogen-bond donors (Lipinski definition) is 0. The first-order valence-corrected chi connectivity index (χ1v) is 6.24. The highest BCUT2D eigenvalue weighted by molar-refractivity contribution is 5.39. The van der Waals surface area contributed by atoms with Gasteiger partial charge in [-0.2, -0.15) is 0 Å². The second kappa shape index (κ2) is 3.25. The molecule has 0 heterocycles. The molecule has 3 aliphatic carbocycles. The Labute approximate surface area is 87.1 Å². The van der Waals surface area contributed by atoms with Crippen LogP contribution in [0.2, 0.25) is 0 Å². The zero-order chi connectivity index (χ0) is 9.54. The molecule has 0 saturated heterocycles. The maximum Gasteiger partial charge on any atom is -0.0157 e. The summed E-state index contributed by atoms with van der Waals surface area (Å²) in [5.41, 5.74) is 3.48. The fraction of sp³-hybridized carbons (Fsp3) is 0.714. The van der Waals surface area contributed by atoms with Crippen molar-refractivity contribution in [1.82, 2.24) is 0 Å². The van der Waals surface area contributed by atoms with Gasteiger partial charge in [0.2, 0.25) is 0 Å². The van der Waals surface area contributed by atoms with Gasteiger partial charge in [0, 0.05) is 0 Å². The zero-order valence-electron chi connectivity index (χ0n) is 9.13. The van der Waals surface area contributed by atoms with E-state index in [9.17, 15) is 0 Å². The lowest BCUT2D eigenvalue weighted by Crippen LogP contribution is -2.08. The summed E-state index contributed by atoms with van der Waals surface area (Å²) in [6.45, 7) is 2.40. The molecule has 3 rings (SSSR count). The highest BCUT2D eigenvalue weighted by Gasteiger charge is 2.34. The van der Waals surface area contributed by atoms with Crippen molar-refractivity contribution in [3.05, 3.63) is 23.3 Å². The van der Waals surface area contributed by atoms with Gasteiger partial charge >= 0.3 is 0 Å². The number of fused-ring (bicyclic) bond motifs is 2. The lowest BCUT2D eigenvalue weighted by atomic mass is 9.82. The maximum atomic E-state index is 2.60. The monoisotopic (exact) mass is 188 g/mol. The molecule has 0 heteroatoms. The average Bonchev–Trinajstić information content (AvgIpc) is 2.78. The van der Waals surface area contributed by atoms with Gasteiger partial charge in [-0.05, 0) is 67.4 Å². The van der Waals surface area contributed by atoms with Gasteiger partial charge in [-0.15, -0.1) is 0 Å². The summed E-state index contributed by atoms with van der Waals surface area (Å²) in [5.74, 6) is 2.83. The summed E-state index contributed by atoms with van der Waals surface area (Å²) in [5, 5.41) is 0.